The summed E-state index contributed by atoms with van der Waals surface area (Å²) in [6, 6.07) is 8.28. The first kappa shape index (κ1) is 15.0. The largest absolute Gasteiger partial charge is 0.396 e. The SMILES string of the molecule is CCn1c(CNCCCC(C)CO)nc2ccccc21. The van der Waals surface area contributed by atoms with E-state index in [0.29, 0.717) is 5.92 Å². The van der Waals surface area contributed by atoms with Gasteiger partial charge in [0.2, 0.25) is 0 Å². The first-order valence-corrected chi connectivity index (χ1v) is 7.52. The number of fused-ring (bicyclic) bond motifs is 1. The van der Waals surface area contributed by atoms with E-state index in [-0.39, 0.29) is 6.61 Å². The maximum Gasteiger partial charge on any atom is 0.123 e. The van der Waals surface area contributed by atoms with Crippen LogP contribution in [0.25, 0.3) is 11.0 Å². The first-order chi connectivity index (χ1) is 9.76. The van der Waals surface area contributed by atoms with Crippen LogP contribution in [0.2, 0.25) is 0 Å². The molecular weight excluding hydrogens is 250 g/mol. The van der Waals surface area contributed by atoms with Gasteiger partial charge in [-0.1, -0.05) is 19.1 Å². The maximum atomic E-state index is 8.98. The van der Waals surface area contributed by atoms with Crippen molar-refractivity contribution in [1.82, 2.24) is 14.9 Å². The van der Waals surface area contributed by atoms with E-state index in [9.17, 15) is 0 Å². The van der Waals surface area contributed by atoms with Crippen molar-refractivity contribution >= 4 is 11.0 Å². The molecule has 0 aliphatic heterocycles. The lowest BCUT2D eigenvalue weighted by atomic mass is 10.1. The molecule has 1 unspecified atom stereocenters. The lowest BCUT2D eigenvalue weighted by molar-refractivity contribution is 0.228. The standard InChI is InChI=1S/C16H25N3O/c1-3-19-15-9-5-4-8-14(15)18-16(19)11-17-10-6-7-13(2)12-20/h4-5,8-9,13,17,20H,3,6-7,10-12H2,1-2H3. The van der Waals surface area contributed by atoms with E-state index >= 15 is 0 Å². The van der Waals surface area contributed by atoms with E-state index in [4.69, 9.17) is 10.1 Å². The van der Waals surface area contributed by atoms with E-state index in [1.165, 1.54) is 5.52 Å². The van der Waals surface area contributed by atoms with Gasteiger partial charge in [0.15, 0.2) is 0 Å². The number of nitrogens with one attached hydrogen (secondary N) is 1. The first-order valence-electron chi connectivity index (χ1n) is 7.52. The van der Waals surface area contributed by atoms with Crippen LogP contribution in [-0.2, 0) is 13.1 Å². The Hall–Kier alpha value is -1.39. The fraction of sp³-hybridized carbons (Fsp3) is 0.562. The number of para-hydroxylation sites is 2. The second-order valence-electron chi connectivity index (χ2n) is 5.37. The van der Waals surface area contributed by atoms with Gasteiger partial charge in [0.05, 0.1) is 17.6 Å². The van der Waals surface area contributed by atoms with Crippen LogP contribution in [0.1, 0.15) is 32.5 Å². The molecular formula is C16H25N3O. The summed E-state index contributed by atoms with van der Waals surface area (Å²) < 4.78 is 2.26. The Morgan fingerprint density at radius 1 is 1.35 bits per heavy atom. The number of aliphatic hydroxyl groups is 1. The molecule has 0 fully saturated rings. The number of rotatable bonds is 8. The summed E-state index contributed by atoms with van der Waals surface area (Å²) in [5.41, 5.74) is 2.28. The molecule has 2 N–H and O–H groups in total. The predicted molar refractivity (Wildman–Crippen MR) is 82.6 cm³/mol. The highest BCUT2D eigenvalue weighted by atomic mass is 16.3. The predicted octanol–water partition coefficient (Wildman–Crippen LogP) is 2.55. The van der Waals surface area contributed by atoms with Gasteiger partial charge in [-0.15, -0.1) is 0 Å². The van der Waals surface area contributed by atoms with E-state index in [1.54, 1.807) is 0 Å². The summed E-state index contributed by atoms with van der Waals surface area (Å²) >= 11 is 0. The maximum absolute atomic E-state index is 8.98. The van der Waals surface area contributed by atoms with Crippen molar-refractivity contribution in [3.05, 3.63) is 30.1 Å². The normalized spacial score (nSPS) is 12.9. The van der Waals surface area contributed by atoms with Gasteiger partial charge in [-0.3, -0.25) is 0 Å². The Morgan fingerprint density at radius 3 is 2.90 bits per heavy atom. The second-order valence-corrected chi connectivity index (χ2v) is 5.37. The molecule has 1 atom stereocenters. The Labute approximate surface area is 120 Å². The highest BCUT2D eigenvalue weighted by Gasteiger charge is 2.08. The monoisotopic (exact) mass is 275 g/mol. The van der Waals surface area contributed by atoms with E-state index < -0.39 is 0 Å². The Kier molecular flexibility index (Phi) is 5.56. The van der Waals surface area contributed by atoms with Crippen LogP contribution in [0, 0.1) is 5.92 Å². The highest BCUT2D eigenvalue weighted by Crippen LogP contribution is 2.15. The summed E-state index contributed by atoms with van der Waals surface area (Å²) in [5.74, 6) is 1.50. The summed E-state index contributed by atoms with van der Waals surface area (Å²) in [6.07, 6.45) is 2.15. The zero-order valence-corrected chi connectivity index (χ0v) is 12.5. The van der Waals surface area contributed by atoms with Gasteiger partial charge in [-0.25, -0.2) is 4.98 Å². The lowest BCUT2D eigenvalue weighted by Crippen LogP contribution is -2.19. The zero-order chi connectivity index (χ0) is 14.4. The Morgan fingerprint density at radius 2 is 2.15 bits per heavy atom. The summed E-state index contributed by atoms with van der Waals surface area (Å²) in [6.45, 7) is 7.23. The molecule has 0 saturated carbocycles. The molecule has 1 aromatic carbocycles. The van der Waals surface area contributed by atoms with E-state index in [2.05, 4.69) is 41.9 Å². The van der Waals surface area contributed by atoms with Gasteiger partial charge >= 0.3 is 0 Å². The molecule has 110 valence electrons. The van der Waals surface area contributed by atoms with E-state index in [0.717, 1.165) is 43.8 Å². The highest BCUT2D eigenvalue weighted by molar-refractivity contribution is 5.75. The Bertz CT molecular complexity index is 536. The van der Waals surface area contributed by atoms with Gasteiger partial charge in [0, 0.05) is 13.2 Å². The van der Waals surface area contributed by atoms with Crippen LogP contribution >= 0.6 is 0 Å². The molecule has 1 aromatic heterocycles. The van der Waals surface area contributed by atoms with Gasteiger partial charge in [0.1, 0.15) is 5.82 Å². The third-order valence-corrected chi connectivity index (χ3v) is 3.70. The number of benzene rings is 1. The number of hydrogen-bond acceptors (Lipinski definition) is 3. The van der Waals surface area contributed by atoms with Gasteiger partial charge in [-0.05, 0) is 44.4 Å². The topological polar surface area (TPSA) is 50.1 Å². The molecule has 0 saturated heterocycles. The number of aliphatic hydroxyl groups excluding tert-OH is 1. The van der Waals surface area contributed by atoms with Crippen molar-refractivity contribution in [3.63, 3.8) is 0 Å². The van der Waals surface area contributed by atoms with Crippen molar-refractivity contribution in [1.29, 1.82) is 0 Å². The van der Waals surface area contributed by atoms with Crippen LogP contribution < -0.4 is 5.32 Å². The van der Waals surface area contributed by atoms with E-state index in [1.807, 2.05) is 6.07 Å². The van der Waals surface area contributed by atoms with Gasteiger partial charge < -0.3 is 15.0 Å². The van der Waals surface area contributed by atoms with Crippen LogP contribution in [0.3, 0.4) is 0 Å². The minimum absolute atomic E-state index is 0.283. The van der Waals surface area contributed by atoms with Gasteiger partial charge in [-0.2, -0.15) is 0 Å². The lowest BCUT2D eigenvalue weighted by Gasteiger charge is -2.09. The summed E-state index contributed by atoms with van der Waals surface area (Å²) in [5, 5.41) is 12.4. The van der Waals surface area contributed by atoms with Crippen molar-refractivity contribution in [2.45, 2.75) is 39.8 Å². The number of aromatic nitrogens is 2. The smallest absolute Gasteiger partial charge is 0.123 e. The molecule has 0 aliphatic rings. The van der Waals surface area contributed by atoms with Crippen molar-refractivity contribution in [3.8, 4) is 0 Å². The number of hydrogen-bond donors (Lipinski definition) is 2. The number of imidazole rings is 1. The third kappa shape index (κ3) is 3.58. The van der Waals surface area contributed by atoms with Crippen molar-refractivity contribution in [2.24, 2.45) is 5.92 Å². The zero-order valence-electron chi connectivity index (χ0n) is 12.5. The minimum atomic E-state index is 0.283. The molecule has 2 aromatic rings. The average molecular weight is 275 g/mol. The molecule has 4 heteroatoms. The molecule has 0 amide bonds. The molecule has 0 aliphatic carbocycles. The van der Waals surface area contributed by atoms with Crippen LogP contribution in [0.15, 0.2) is 24.3 Å². The molecule has 4 nitrogen and oxygen atoms in total. The van der Waals surface area contributed by atoms with Crippen LogP contribution in [0.4, 0.5) is 0 Å². The number of nitrogens with zero attached hydrogens (tertiary/aromatic N) is 2. The molecule has 1 heterocycles. The quantitative estimate of drug-likeness (QED) is 0.728. The summed E-state index contributed by atoms with van der Waals surface area (Å²) in [7, 11) is 0. The van der Waals surface area contributed by atoms with Gasteiger partial charge in [0.25, 0.3) is 0 Å². The molecule has 2 rings (SSSR count). The van der Waals surface area contributed by atoms with Crippen LogP contribution in [0.5, 0.6) is 0 Å². The van der Waals surface area contributed by atoms with Crippen molar-refractivity contribution < 1.29 is 5.11 Å². The fourth-order valence-electron chi connectivity index (χ4n) is 2.48. The molecule has 0 spiro atoms. The van der Waals surface area contributed by atoms with Crippen LogP contribution in [-0.4, -0.2) is 27.8 Å². The molecule has 0 bridgehead atoms. The minimum Gasteiger partial charge on any atom is -0.396 e. The van der Waals surface area contributed by atoms with Crippen molar-refractivity contribution in [2.75, 3.05) is 13.2 Å². The third-order valence-electron chi connectivity index (χ3n) is 3.70. The number of aryl methyl sites for hydroxylation is 1. The average Bonchev–Trinajstić information content (AvgIpc) is 2.83. The second kappa shape index (κ2) is 7.41. The Balaban J connectivity index is 1.90. The fourth-order valence-corrected chi connectivity index (χ4v) is 2.48. The molecule has 0 radical (unpaired) electrons. The summed E-state index contributed by atoms with van der Waals surface area (Å²) in [4.78, 5) is 4.69. The molecule has 20 heavy (non-hydrogen) atoms.